The quantitative estimate of drug-likeness (QED) is 0.847. The molecule has 1 saturated carbocycles. The molecule has 1 amide bonds. The van der Waals surface area contributed by atoms with Gasteiger partial charge in [-0.2, -0.15) is 5.10 Å². The highest BCUT2D eigenvalue weighted by Crippen LogP contribution is 2.31. The molecule has 3 N–H and O–H groups in total. The van der Waals surface area contributed by atoms with Gasteiger partial charge in [-0.05, 0) is 36.1 Å². The van der Waals surface area contributed by atoms with Crippen LogP contribution < -0.4 is 11.1 Å². The molecule has 3 rings (SSSR count). The van der Waals surface area contributed by atoms with Gasteiger partial charge in [0.1, 0.15) is 0 Å². The SMILES string of the molecule is C[C@H]1CCCC[C@H]1Nc1c(C(N)=O)cnn2c(N=O)ccc12. The molecule has 0 aromatic carbocycles. The number of nitroso groups, excluding NO2 is 1. The molecule has 0 bridgehead atoms. The van der Waals surface area contributed by atoms with Crippen molar-refractivity contribution in [3.8, 4) is 0 Å². The molecular weight excluding hydrogens is 282 g/mol. The van der Waals surface area contributed by atoms with E-state index in [0.717, 1.165) is 19.3 Å². The van der Waals surface area contributed by atoms with Gasteiger partial charge in [-0.15, -0.1) is 4.91 Å². The van der Waals surface area contributed by atoms with Crippen LogP contribution in [0.4, 0.5) is 11.5 Å². The lowest BCUT2D eigenvalue weighted by atomic mass is 9.85. The molecule has 116 valence electrons. The first-order chi connectivity index (χ1) is 10.6. The van der Waals surface area contributed by atoms with Crippen molar-refractivity contribution in [1.29, 1.82) is 0 Å². The van der Waals surface area contributed by atoms with Gasteiger partial charge in [-0.3, -0.25) is 4.79 Å². The maximum atomic E-state index is 11.7. The largest absolute Gasteiger partial charge is 0.380 e. The van der Waals surface area contributed by atoms with E-state index in [1.807, 2.05) is 0 Å². The summed E-state index contributed by atoms with van der Waals surface area (Å²) in [6, 6.07) is 3.59. The summed E-state index contributed by atoms with van der Waals surface area (Å²) < 4.78 is 1.43. The van der Waals surface area contributed by atoms with Crippen molar-refractivity contribution >= 4 is 22.9 Å². The van der Waals surface area contributed by atoms with Crippen molar-refractivity contribution in [3.63, 3.8) is 0 Å². The van der Waals surface area contributed by atoms with Crippen LogP contribution in [0.25, 0.3) is 5.52 Å². The normalized spacial score (nSPS) is 21.7. The van der Waals surface area contributed by atoms with Crippen molar-refractivity contribution in [1.82, 2.24) is 9.61 Å². The maximum Gasteiger partial charge on any atom is 0.252 e. The molecule has 1 fully saturated rings. The van der Waals surface area contributed by atoms with Gasteiger partial charge < -0.3 is 11.1 Å². The number of amides is 1. The first-order valence-electron chi connectivity index (χ1n) is 7.52. The van der Waals surface area contributed by atoms with Crippen LogP contribution in [0.5, 0.6) is 0 Å². The lowest BCUT2D eigenvalue weighted by molar-refractivity contribution is 0.100. The zero-order valence-corrected chi connectivity index (χ0v) is 12.5. The molecule has 2 aromatic heterocycles. The summed E-state index contributed by atoms with van der Waals surface area (Å²) in [6.45, 7) is 2.20. The zero-order chi connectivity index (χ0) is 15.7. The highest BCUT2D eigenvalue weighted by molar-refractivity contribution is 6.02. The molecule has 0 aliphatic heterocycles. The molecule has 0 spiro atoms. The fraction of sp³-hybridized carbons (Fsp3) is 0.467. The predicted octanol–water partition coefficient (Wildman–Crippen LogP) is 2.82. The summed E-state index contributed by atoms with van der Waals surface area (Å²) in [6.07, 6.45) is 6.00. The summed E-state index contributed by atoms with van der Waals surface area (Å²) in [4.78, 5) is 22.5. The van der Waals surface area contributed by atoms with E-state index < -0.39 is 5.91 Å². The number of hydrogen-bond acceptors (Lipinski definition) is 5. The number of aromatic nitrogens is 2. The van der Waals surface area contributed by atoms with Crippen LogP contribution in [0.2, 0.25) is 0 Å². The smallest absolute Gasteiger partial charge is 0.252 e. The number of nitrogens with two attached hydrogens (primary N) is 1. The van der Waals surface area contributed by atoms with Crippen LogP contribution in [0.1, 0.15) is 43.0 Å². The lowest BCUT2D eigenvalue weighted by Crippen LogP contribution is -2.31. The minimum absolute atomic E-state index is 0.200. The topological polar surface area (TPSA) is 102 Å². The van der Waals surface area contributed by atoms with E-state index >= 15 is 0 Å². The number of carbonyl (C=O) groups is 1. The van der Waals surface area contributed by atoms with E-state index in [1.165, 1.54) is 17.1 Å². The van der Waals surface area contributed by atoms with E-state index in [0.29, 0.717) is 22.7 Å². The molecule has 0 radical (unpaired) electrons. The molecule has 0 unspecified atom stereocenters. The van der Waals surface area contributed by atoms with E-state index in [2.05, 4.69) is 22.5 Å². The van der Waals surface area contributed by atoms with Crippen molar-refractivity contribution in [3.05, 3.63) is 28.8 Å². The van der Waals surface area contributed by atoms with Crippen molar-refractivity contribution < 1.29 is 4.79 Å². The lowest BCUT2D eigenvalue weighted by Gasteiger charge is -2.31. The minimum atomic E-state index is -0.539. The Hall–Kier alpha value is -2.44. The molecule has 2 aromatic rings. The van der Waals surface area contributed by atoms with Crippen LogP contribution in [-0.4, -0.2) is 21.6 Å². The average molecular weight is 301 g/mol. The van der Waals surface area contributed by atoms with E-state index in [4.69, 9.17) is 5.73 Å². The summed E-state index contributed by atoms with van der Waals surface area (Å²) in [7, 11) is 0. The number of fused-ring (bicyclic) bond motifs is 1. The Balaban J connectivity index is 2.08. The number of rotatable bonds is 4. The van der Waals surface area contributed by atoms with Crippen LogP contribution in [-0.2, 0) is 0 Å². The Morgan fingerprint density at radius 3 is 2.86 bits per heavy atom. The van der Waals surface area contributed by atoms with Crippen LogP contribution >= 0.6 is 0 Å². The maximum absolute atomic E-state index is 11.7. The minimum Gasteiger partial charge on any atom is -0.380 e. The monoisotopic (exact) mass is 301 g/mol. The zero-order valence-electron chi connectivity index (χ0n) is 12.5. The molecule has 2 heterocycles. The predicted molar refractivity (Wildman–Crippen MR) is 84.2 cm³/mol. The summed E-state index contributed by atoms with van der Waals surface area (Å²) in [5, 5.41) is 10.5. The summed E-state index contributed by atoms with van der Waals surface area (Å²) in [5.41, 5.74) is 7.08. The van der Waals surface area contributed by atoms with Crippen molar-refractivity contribution in [2.75, 3.05) is 5.32 Å². The van der Waals surface area contributed by atoms with Crippen molar-refractivity contribution in [2.45, 2.75) is 38.6 Å². The van der Waals surface area contributed by atoms with Crippen LogP contribution in [0, 0.1) is 10.8 Å². The fourth-order valence-electron chi connectivity index (χ4n) is 3.17. The van der Waals surface area contributed by atoms with E-state index in [-0.39, 0.29) is 11.9 Å². The molecule has 7 heteroatoms. The van der Waals surface area contributed by atoms with Gasteiger partial charge in [0, 0.05) is 6.04 Å². The van der Waals surface area contributed by atoms with Gasteiger partial charge >= 0.3 is 0 Å². The second-order valence-corrected chi connectivity index (χ2v) is 5.89. The number of carbonyl (C=O) groups excluding carboxylic acids is 1. The molecule has 22 heavy (non-hydrogen) atoms. The standard InChI is InChI=1S/C15H19N5O2/c1-9-4-2-3-5-11(9)18-14-10(15(16)21)8-17-20-12(14)6-7-13(20)19-22/h6-9,11,18H,2-5H2,1H3,(H2,16,21)/t9-,11+/m0/s1. The molecule has 1 aliphatic carbocycles. The number of nitrogens with one attached hydrogen (secondary N) is 1. The summed E-state index contributed by atoms with van der Waals surface area (Å²) in [5.74, 6) is 0.176. The highest BCUT2D eigenvalue weighted by atomic mass is 16.3. The van der Waals surface area contributed by atoms with Crippen LogP contribution in [0.15, 0.2) is 23.5 Å². The van der Waals surface area contributed by atoms with Gasteiger partial charge in [0.15, 0.2) is 5.82 Å². The van der Waals surface area contributed by atoms with Gasteiger partial charge in [0.05, 0.1) is 23.0 Å². The van der Waals surface area contributed by atoms with E-state index in [9.17, 15) is 9.70 Å². The summed E-state index contributed by atoms with van der Waals surface area (Å²) >= 11 is 0. The Bertz CT molecular complexity index is 724. The number of primary amides is 1. The number of nitrogens with zero attached hydrogens (tertiary/aromatic N) is 3. The molecule has 2 atom stereocenters. The highest BCUT2D eigenvalue weighted by Gasteiger charge is 2.24. The Morgan fingerprint density at radius 2 is 2.18 bits per heavy atom. The first-order valence-corrected chi connectivity index (χ1v) is 7.52. The third-order valence-electron chi connectivity index (χ3n) is 4.46. The van der Waals surface area contributed by atoms with Crippen LogP contribution in [0.3, 0.4) is 0 Å². The number of hydrogen-bond donors (Lipinski definition) is 2. The Morgan fingerprint density at radius 1 is 1.41 bits per heavy atom. The Kier molecular flexibility index (Phi) is 3.79. The van der Waals surface area contributed by atoms with Gasteiger partial charge in [-0.1, -0.05) is 19.8 Å². The first kappa shape index (κ1) is 14.5. The second kappa shape index (κ2) is 5.75. The fourth-order valence-corrected chi connectivity index (χ4v) is 3.17. The van der Waals surface area contributed by atoms with E-state index in [1.54, 1.807) is 12.1 Å². The molecular formula is C15H19N5O2. The average Bonchev–Trinajstić information content (AvgIpc) is 2.93. The third kappa shape index (κ3) is 2.43. The second-order valence-electron chi connectivity index (χ2n) is 5.89. The van der Waals surface area contributed by atoms with Gasteiger partial charge in [0.2, 0.25) is 0 Å². The van der Waals surface area contributed by atoms with Crippen molar-refractivity contribution in [2.24, 2.45) is 16.8 Å². The Labute approximate surface area is 127 Å². The number of anilines is 1. The molecule has 7 nitrogen and oxygen atoms in total. The van der Waals surface area contributed by atoms with Gasteiger partial charge in [-0.25, -0.2) is 4.52 Å². The molecule has 1 aliphatic rings. The van der Waals surface area contributed by atoms with Gasteiger partial charge in [0.25, 0.3) is 5.91 Å². The third-order valence-corrected chi connectivity index (χ3v) is 4.46. The molecule has 0 saturated heterocycles.